The van der Waals surface area contributed by atoms with Gasteiger partial charge in [-0.05, 0) is 31.0 Å². The summed E-state index contributed by atoms with van der Waals surface area (Å²) in [4.78, 5) is 4.68. The summed E-state index contributed by atoms with van der Waals surface area (Å²) in [7, 11) is 0. The predicted octanol–water partition coefficient (Wildman–Crippen LogP) is 2.27. The van der Waals surface area contributed by atoms with Crippen LogP contribution in [0.3, 0.4) is 0 Å². The van der Waals surface area contributed by atoms with Gasteiger partial charge in [0.05, 0.1) is 5.69 Å². The Balaban J connectivity index is 2.67. The topological polar surface area (TPSA) is 43.3 Å². The minimum Gasteiger partial charge on any atom is -0.330 e. The molecule has 0 bridgehead atoms. The van der Waals surface area contributed by atoms with Gasteiger partial charge in [0.1, 0.15) is 5.65 Å². The maximum Gasteiger partial charge on any atom is 0.137 e. The number of hydrogen-bond acceptors (Lipinski definition) is 2. The van der Waals surface area contributed by atoms with Gasteiger partial charge in [-0.25, -0.2) is 4.98 Å². The van der Waals surface area contributed by atoms with Crippen molar-refractivity contribution in [1.82, 2.24) is 9.38 Å². The lowest BCUT2D eigenvalue weighted by atomic mass is 10.1. The van der Waals surface area contributed by atoms with Gasteiger partial charge in [-0.2, -0.15) is 0 Å². The number of imidazole rings is 1. The largest absolute Gasteiger partial charge is 0.330 e. The van der Waals surface area contributed by atoms with Gasteiger partial charge < -0.3 is 10.1 Å². The van der Waals surface area contributed by atoms with E-state index in [1.165, 1.54) is 17.0 Å². The van der Waals surface area contributed by atoms with Gasteiger partial charge in [-0.1, -0.05) is 19.9 Å². The van der Waals surface area contributed by atoms with E-state index in [1.807, 2.05) is 0 Å². The minimum absolute atomic E-state index is 0.446. The van der Waals surface area contributed by atoms with Crippen molar-refractivity contribution in [2.24, 2.45) is 5.73 Å². The molecule has 2 rings (SSSR count). The van der Waals surface area contributed by atoms with E-state index in [-0.39, 0.29) is 0 Å². The molecule has 16 heavy (non-hydrogen) atoms. The zero-order valence-corrected chi connectivity index (χ0v) is 10.2. The van der Waals surface area contributed by atoms with Crippen LogP contribution < -0.4 is 5.73 Å². The Kier molecular flexibility index (Phi) is 2.97. The van der Waals surface area contributed by atoms with Crippen molar-refractivity contribution in [2.75, 3.05) is 6.54 Å². The average molecular weight is 217 g/mol. The second kappa shape index (κ2) is 4.26. The fourth-order valence-electron chi connectivity index (χ4n) is 2.07. The van der Waals surface area contributed by atoms with Crippen LogP contribution >= 0.6 is 0 Å². The van der Waals surface area contributed by atoms with Crippen molar-refractivity contribution < 1.29 is 0 Å². The normalized spacial score (nSPS) is 11.6. The molecule has 0 aliphatic heterocycles. The first kappa shape index (κ1) is 11.1. The van der Waals surface area contributed by atoms with Crippen molar-refractivity contribution in [1.29, 1.82) is 0 Å². The van der Waals surface area contributed by atoms with E-state index in [0.29, 0.717) is 12.5 Å². The Morgan fingerprint density at radius 3 is 2.75 bits per heavy atom. The summed E-state index contributed by atoms with van der Waals surface area (Å²) >= 11 is 0. The molecular formula is C13H19N3. The lowest BCUT2D eigenvalue weighted by Gasteiger charge is -2.06. The third kappa shape index (κ3) is 1.83. The third-order valence-electron chi connectivity index (χ3n) is 2.82. The van der Waals surface area contributed by atoms with Crippen LogP contribution in [0.25, 0.3) is 5.65 Å². The molecule has 0 saturated carbocycles. The van der Waals surface area contributed by atoms with E-state index in [2.05, 4.69) is 48.5 Å². The summed E-state index contributed by atoms with van der Waals surface area (Å²) in [5.41, 5.74) is 10.4. The first-order valence-corrected chi connectivity index (χ1v) is 5.81. The fourth-order valence-corrected chi connectivity index (χ4v) is 2.07. The van der Waals surface area contributed by atoms with E-state index in [1.54, 1.807) is 0 Å². The molecule has 2 aromatic heterocycles. The van der Waals surface area contributed by atoms with Crippen LogP contribution in [0.4, 0.5) is 0 Å². The quantitative estimate of drug-likeness (QED) is 0.857. The highest BCUT2D eigenvalue weighted by Gasteiger charge is 2.13. The monoisotopic (exact) mass is 217 g/mol. The SMILES string of the molecule is Cc1ccc2nc(C(C)C)c(CCN)n2c1. The van der Waals surface area contributed by atoms with Crippen LogP contribution in [-0.4, -0.2) is 15.9 Å². The predicted molar refractivity (Wildman–Crippen MR) is 66.8 cm³/mol. The van der Waals surface area contributed by atoms with Crippen molar-refractivity contribution >= 4 is 5.65 Å². The molecule has 2 heterocycles. The summed E-state index contributed by atoms with van der Waals surface area (Å²) in [6, 6.07) is 4.17. The standard InChI is InChI=1S/C13H19N3/c1-9(2)13-11(6-7-14)16-8-10(3)4-5-12(16)15-13/h4-5,8-9H,6-7,14H2,1-3H3. The Bertz CT molecular complexity index is 497. The molecule has 2 N–H and O–H groups in total. The summed E-state index contributed by atoms with van der Waals surface area (Å²) < 4.78 is 2.18. The molecule has 0 aliphatic rings. The fraction of sp³-hybridized carbons (Fsp3) is 0.462. The lowest BCUT2D eigenvalue weighted by Crippen LogP contribution is -2.08. The molecular weight excluding hydrogens is 198 g/mol. The zero-order chi connectivity index (χ0) is 11.7. The van der Waals surface area contributed by atoms with Crippen molar-refractivity contribution in [2.45, 2.75) is 33.1 Å². The summed E-state index contributed by atoms with van der Waals surface area (Å²) in [6.45, 7) is 7.12. The van der Waals surface area contributed by atoms with Gasteiger partial charge in [-0.3, -0.25) is 0 Å². The maximum absolute atomic E-state index is 5.68. The highest BCUT2D eigenvalue weighted by atomic mass is 15.0. The molecule has 3 heteroatoms. The van der Waals surface area contributed by atoms with Crippen LogP contribution in [0.15, 0.2) is 18.3 Å². The number of nitrogens with zero attached hydrogens (tertiary/aromatic N) is 2. The molecule has 0 aliphatic carbocycles. The van der Waals surface area contributed by atoms with Crippen LogP contribution in [0.5, 0.6) is 0 Å². The molecule has 0 saturated heterocycles. The summed E-state index contributed by atoms with van der Waals surface area (Å²) in [5, 5.41) is 0. The highest BCUT2D eigenvalue weighted by molar-refractivity contribution is 5.45. The number of aromatic nitrogens is 2. The van der Waals surface area contributed by atoms with Crippen molar-refractivity contribution in [3.63, 3.8) is 0 Å². The van der Waals surface area contributed by atoms with Gasteiger partial charge >= 0.3 is 0 Å². The van der Waals surface area contributed by atoms with Gasteiger partial charge in [0.2, 0.25) is 0 Å². The number of pyridine rings is 1. The van der Waals surface area contributed by atoms with Gasteiger partial charge in [0.15, 0.2) is 0 Å². The Labute approximate surface area is 96.3 Å². The van der Waals surface area contributed by atoms with Gasteiger partial charge in [0, 0.05) is 18.3 Å². The molecule has 0 atom stereocenters. The van der Waals surface area contributed by atoms with Crippen molar-refractivity contribution in [3.05, 3.63) is 35.3 Å². The third-order valence-corrected chi connectivity index (χ3v) is 2.82. The van der Waals surface area contributed by atoms with E-state index in [4.69, 9.17) is 5.73 Å². The van der Waals surface area contributed by atoms with Crippen LogP contribution in [-0.2, 0) is 6.42 Å². The summed E-state index contributed by atoms with van der Waals surface area (Å²) in [6.07, 6.45) is 3.03. The van der Waals surface area contributed by atoms with E-state index in [9.17, 15) is 0 Å². The molecule has 0 amide bonds. The number of hydrogen-bond donors (Lipinski definition) is 1. The molecule has 0 unspecified atom stereocenters. The van der Waals surface area contributed by atoms with Crippen LogP contribution in [0.1, 0.15) is 36.7 Å². The molecule has 3 nitrogen and oxygen atoms in total. The molecule has 0 aromatic carbocycles. The number of fused-ring (bicyclic) bond motifs is 1. The zero-order valence-electron chi connectivity index (χ0n) is 10.2. The number of rotatable bonds is 3. The molecule has 86 valence electrons. The second-order valence-electron chi connectivity index (χ2n) is 4.57. The Hall–Kier alpha value is -1.35. The molecule has 0 spiro atoms. The van der Waals surface area contributed by atoms with Gasteiger partial charge in [-0.15, -0.1) is 0 Å². The van der Waals surface area contributed by atoms with Crippen molar-refractivity contribution in [3.8, 4) is 0 Å². The lowest BCUT2D eigenvalue weighted by molar-refractivity contribution is 0.791. The maximum atomic E-state index is 5.68. The summed E-state index contributed by atoms with van der Waals surface area (Å²) in [5.74, 6) is 0.446. The van der Waals surface area contributed by atoms with E-state index in [0.717, 1.165) is 12.1 Å². The van der Waals surface area contributed by atoms with Gasteiger partial charge in [0.25, 0.3) is 0 Å². The first-order valence-electron chi connectivity index (χ1n) is 5.81. The van der Waals surface area contributed by atoms with E-state index >= 15 is 0 Å². The number of nitrogens with two attached hydrogens (primary N) is 1. The van der Waals surface area contributed by atoms with E-state index < -0.39 is 0 Å². The molecule has 0 fully saturated rings. The van der Waals surface area contributed by atoms with Crippen LogP contribution in [0.2, 0.25) is 0 Å². The van der Waals surface area contributed by atoms with Crippen LogP contribution in [0, 0.1) is 6.92 Å². The molecule has 0 radical (unpaired) electrons. The molecule has 2 aromatic rings. The first-order chi connectivity index (χ1) is 7.63. The second-order valence-corrected chi connectivity index (χ2v) is 4.57. The smallest absolute Gasteiger partial charge is 0.137 e. The Morgan fingerprint density at radius 1 is 1.38 bits per heavy atom. The average Bonchev–Trinajstić information content (AvgIpc) is 2.58. The Morgan fingerprint density at radius 2 is 2.12 bits per heavy atom. The minimum atomic E-state index is 0.446. The highest BCUT2D eigenvalue weighted by Crippen LogP contribution is 2.21. The number of aryl methyl sites for hydroxylation is 1.